The summed E-state index contributed by atoms with van der Waals surface area (Å²) in [5, 5.41) is 12.7. The van der Waals surface area contributed by atoms with Crippen molar-refractivity contribution < 1.29 is 28.9 Å². The summed E-state index contributed by atoms with van der Waals surface area (Å²) in [6, 6.07) is 2.68. The van der Waals surface area contributed by atoms with Crippen molar-refractivity contribution in [1.29, 1.82) is 0 Å². The topological polar surface area (TPSA) is 106 Å². The third-order valence-corrected chi connectivity index (χ3v) is 5.59. The summed E-state index contributed by atoms with van der Waals surface area (Å²) in [4.78, 5) is 27.3. The van der Waals surface area contributed by atoms with Crippen molar-refractivity contribution >= 4 is 29.8 Å². The molecule has 0 aliphatic rings. The highest BCUT2D eigenvalue weighted by Crippen LogP contribution is 2.38. The van der Waals surface area contributed by atoms with Crippen LogP contribution < -0.4 is 10.1 Å². The van der Waals surface area contributed by atoms with Crippen molar-refractivity contribution in [2.45, 2.75) is 104 Å². The fraction of sp³-hybridized carbons (Fsp3) is 0.667. The molecule has 8 heteroatoms. The van der Waals surface area contributed by atoms with Gasteiger partial charge in [-0.25, -0.2) is 9.79 Å². The number of carbonyl (C=O) groups is 2. The number of phenols is 1. The van der Waals surface area contributed by atoms with Crippen LogP contribution in [0.2, 0.25) is 0 Å². The number of ether oxygens (including phenoxy) is 3. The van der Waals surface area contributed by atoms with Crippen LogP contribution in [0.15, 0.2) is 17.1 Å². The van der Waals surface area contributed by atoms with Crippen LogP contribution in [0.3, 0.4) is 0 Å². The molecule has 0 atom stereocenters. The molecule has 0 aliphatic carbocycles. The summed E-state index contributed by atoms with van der Waals surface area (Å²) >= 11 is 0. The average molecular weight is 493 g/mol. The van der Waals surface area contributed by atoms with Crippen LogP contribution in [0, 0.1) is 0 Å². The molecule has 1 aromatic rings. The van der Waals surface area contributed by atoms with Gasteiger partial charge in [0.1, 0.15) is 11.4 Å². The smallest absolute Gasteiger partial charge is 0.504 e. The quantitative estimate of drug-likeness (QED) is 0.0513. The van der Waals surface area contributed by atoms with Gasteiger partial charge in [0.15, 0.2) is 12.2 Å². The van der Waals surface area contributed by atoms with E-state index in [9.17, 15) is 14.7 Å². The Labute approximate surface area is 210 Å². The number of carbonyl (C=O) groups excluding carboxylic acids is 2. The molecular weight excluding hydrogens is 448 g/mol. The van der Waals surface area contributed by atoms with E-state index in [2.05, 4.69) is 17.2 Å². The molecule has 8 nitrogen and oxygen atoms in total. The van der Waals surface area contributed by atoms with E-state index >= 15 is 0 Å². The van der Waals surface area contributed by atoms with Crippen LogP contribution in [-0.4, -0.2) is 37.3 Å². The van der Waals surface area contributed by atoms with Gasteiger partial charge in [-0.2, -0.15) is 0 Å². The van der Waals surface area contributed by atoms with Crippen LogP contribution in [0.1, 0.15) is 104 Å². The minimum Gasteiger partial charge on any atom is -0.504 e. The van der Waals surface area contributed by atoms with E-state index in [1.54, 1.807) is 0 Å². The molecule has 198 valence electrons. The summed E-state index contributed by atoms with van der Waals surface area (Å²) in [6.07, 6.45) is 17.9. The van der Waals surface area contributed by atoms with Gasteiger partial charge in [0, 0.05) is 19.1 Å². The maximum atomic E-state index is 12.0. The van der Waals surface area contributed by atoms with Crippen molar-refractivity contribution in [1.82, 2.24) is 0 Å². The lowest BCUT2D eigenvalue weighted by atomic mass is 10.0. The molecule has 1 aromatic carbocycles. The van der Waals surface area contributed by atoms with Gasteiger partial charge in [0.25, 0.3) is 0 Å². The molecule has 0 aromatic heterocycles. The van der Waals surface area contributed by atoms with Crippen molar-refractivity contribution in [3.05, 3.63) is 12.1 Å². The molecule has 1 rings (SSSR count). The van der Waals surface area contributed by atoms with Crippen LogP contribution in [-0.2, 0) is 14.3 Å². The van der Waals surface area contributed by atoms with Gasteiger partial charge in [-0.05, 0) is 6.42 Å². The summed E-state index contributed by atoms with van der Waals surface area (Å²) in [6.45, 7) is 3.83. The molecule has 2 N–H and O–H groups in total. The molecule has 0 radical (unpaired) electrons. The number of aromatic hydroxyl groups is 1. The standard InChI is InChI=1S/C27H44N2O6/c1-4-5-6-7-8-9-10-11-12-13-14-15-16-17-18-34-27(32)35-23-19-24(28-21-33-3)26(31)25(20-23)29-22(2)30/h19-21,31H,4-18H2,1-3H3,(H,29,30). The zero-order chi connectivity index (χ0) is 25.7. The number of unbranched alkanes of at least 4 members (excludes halogenated alkanes) is 13. The lowest BCUT2D eigenvalue weighted by Crippen LogP contribution is -2.12. The number of hydrogen-bond acceptors (Lipinski definition) is 7. The molecule has 1 amide bonds. The van der Waals surface area contributed by atoms with Gasteiger partial charge >= 0.3 is 6.16 Å². The van der Waals surface area contributed by atoms with Crippen LogP contribution in [0.25, 0.3) is 0 Å². The van der Waals surface area contributed by atoms with Crippen molar-refractivity contribution in [2.75, 3.05) is 19.0 Å². The third-order valence-electron chi connectivity index (χ3n) is 5.59. The summed E-state index contributed by atoms with van der Waals surface area (Å²) in [7, 11) is 1.41. The lowest BCUT2D eigenvalue weighted by molar-refractivity contribution is -0.114. The highest BCUT2D eigenvalue weighted by atomic mass is 16.7. The second kappa shape index (κ2) is 19.5. The lowest BCUT2D eigenvalue weighted by Gasteiger charge is -2.11. The normalized spacial score (nSPS) is 10.9. The number of aliphatic imine (C=N–C) groups is 1. The predicted molar refractivity (Wildman–Crippen MR) is 140 cm³/mol. The van der Waals surface area contributed by atoms with Gasteiger partial charge in [0.2, 0.25) is 5.91 Å². The zero-order valence-corrected chi connectivity index (χ0v) is 21.8. The summed E-state index contributed by atoms with van der Waals surface area (Å²) in [5.74, 6) is -0.572. The van der Waals surface area contributed by atoms with Crippen molar-refractivity contribution in [2.24, 2.45) is 4.99 Å². The third kappa shape index (κ3) is 15.0. The van der Waals surface area contributed by atoms with Gasteiger partial charge in [-0.1, -0.05) is 90.4 Å². The van der Waals surface area contributed by atoms with Crippen LogP contribution >= 0.6 is 0 Å². The number of anilines is 1. The number of methoxy groups -OCH3 is 1. The Morgan fingerprint density at radius 1 is 0.914 bits per heavy atom. The molecule has 0 unspecified atom stereocenters. The fourth-order valence-corrected chi connectivity index (χ4v) is 3.72. The molecule has 0 heterocycles. The van der Waals surface area contributed by atoms with Gasteiger partial charge in [-0.15, -0.1) is 0 Å². The number of hydrogen-bond donors (Lipinski definition) is 2. The largest absolute Gasteiger partial charge is 0.513 e. The second-order valence-electron chi connectivity index (χ2n) is 8.79. The Morgan fingerprint density at radius 2 is 1.46 bits per heavy atom. The van der Waals surface area contributed by atoms with E-state index in [0.29, 0.717) is 0 Å². The number of rotatable bonds is 19. The Balaban J connectivity index is 2.20. The molecule has 0 spiro atoms. The van der Waals surface area contributed by atoms with E-state index in [1.807, 2.05) is 0 Å². The SMILES string of the molecule is CCCCCCCCCCCCCCCCOC(=O)Oc1cc(N=COC)c(O)c(NC(C)=O)c1. The maximum absolute atomic E-state index is 12.0. The maximum Gasteiger partial charge on any atom is 0.513 e. The van der Waals surface area contributed by atoms with Crippen LogP contribution in [0.4, 0.5) is 16.2 Å². The Hall–Kier alpha value is -2.77. The summed E-state index contributed by atoms with van der Waals surface area (Å²) < 4.78 is 15.1. The van der Waals surface area contributed by atoms with Gasteiger partial charge < -0.3 is 24.6 Å². The molecule has 0 fully saturated rings. The van der Waals surface area contributed by atoms with E-state index < -0.39 is 6.16 Å². The highest BCUT2D eigenvalue weighted by molar-refractivity contribution is 5.92. The zero-order valence-electron chi connectivity index (χ0n) is 21.8. The number of benzene rings is 1. The minimum absolute atomic E-state index is 0.0676. The first-order valence-electron chi connectivity index (χ1n) is 13.0. The summed E-state index contributed by atoms with van der Waals surface area (Å²) in [5.41, 5.74) is 0.144. The first-order chi connectivity index (χ1) is 17.0. The first-order valence-corrected chi connectivity index (χ1v) is 13.0. The average Bonchev–Trinajstić information content (AvgIpc) is 2.82. The predicted octanol–water partition coefficient (Wildman–Crippen LogP) is 7.65. The number of amides is 1. The minimum atomic E-state index is -0.846. The fourth-order valence-electron chi connectivity index (χ4n) is 3.72. The second-order valence-corrected chi connectivity index (χ2v) is 8.79. The molecule has 35 heavy (non-hydrogen) atoms. The molecule has 0 saturated carbocycles. The Morgan fingerprint density at radius 3 is 1.97 bits per heavy atom. The number of nitrogens with zero attached hydrogens (tertiary/aromatic N) is 1. The molecule has 0 aliphatic heterocycles. The monoisotopic (exact) mass is 492 g/mol. The van der Waals surface area contributed by atoms with Gasteiger partial charge in [-0.3, -0.25) is 4.79 Å². The molecule has 0 saturated heterocycles. The van der Waals surface area contributed by atoms with E-state index in [4.69, 9.17) is 14.2 Å². The molecule has 0 bridgehead atoms. The van der Waals surface area contributed by atoms with E-state index in [0.717, 1.165) is 25.7 Å². The van der Waals surface area contributed by atoms with Gasteiger partial charge in [0.05, 0.1) is 19.4 Å². The Bertz CT molecular complexity index is 766. The van der Waals surface area contributed by atoms with E-state index in [1.165, 1.54) is 96.8 Å². The number of phenolic OH excluding ortho intramolecular Hbond substituents is 1. The Kier molecular flexibility index (Phi) is 16.9. The van der Waals surface area contributed by atoms with E-state index in [-0.39, 0.29) is 35.4 Å². The van der Waals surface area contributed by atoms with Crippen molar-refractivity contribution in [3.8, 4) is 11.5 Å². The first kappa shape index (κ1) is 30.3. The number of nitrogens with one attached hydrogen (secondary N) is 1. The molecular formula is C27H44N2O6. The van der Waals surface area contributed by atoms with Crippen LogP contribution in [0.5, 0.6) is 11.5 Å². The highest BCUT2D eigenvalue weighted by Gasteiger charge is 2.14. The van der Waals surface area contributed by atoms with Crippen molar-refractivity contribution in [3.63, 3.8) is 0 Å².